The van der Waals surface area contributed by atoms with Crippen molar-refractivity contribution in [1.29, 1.82) is 0 Å². The molecule has 0 unspecified atom stereocenters. The molecule has 0 bridgehead atoms. The first kappa shape index (κ1) is 13.6. The fraction of sp³-hybridized carbons (Fsp3) is 0.500. The van der Waals surface area contributed by atoms with Crippen LogP contribution in [0, 0.1) is 0 Å². The number of methoxy groups -OCH3 is 1. The molecule has 98 valence electrons. The number of halogens is 2. The normalized spacial score (nSPS) is 14.6. The molecule has 0 atom stereocenters. The minimum atomic E-state index is -0.179. The van der Waals surface area contributed by atoms with Crippen LogP contribution in [0.3, 0.4) is 0 Å². The third kappa shape index (κ3) is 3.13. The van der Waals surface area contributed by atoms with Gasteiger partial charge < -0.3 is 9.64 Å². The van der Waals surface area contributed by atoms with Gasteiger partial charge in [-0.3, -0.25) is 4.79 Å². The Hall–Kier alpha value is -0.840. The molecule has 6 heteroatoms. The van der Waals surface area contributed by atoms with E-state index in [9.17, 15) is 4.79 Å². The van der Waals surface area contributed by atoms with Gasteiger partial charge in [0.05, 0.1) is 11.6 Å². The maximum Gasteiger partial charge on any atom is 0.274 e. The van der Waals surface area contributed by atoms with E-state index in [1.807, 2.05) is 0 Å². The van der Waals surface area contributed by atoms with Crippen molar-refractivity contribution in [2.24, 2.45) is 0 Å². The summed E-state index contributed by atoms with van der Waals surface area (Å²) in [5.41, 5.74) is 0.215. The van der Waals surface area contributed by atoms with E-state index >= 15 is 0 Å². The van der Waals surface area contributed by atoms with Gasteiger partial charge in [0.15, 0.2) is 0 Å². The molecule has 1 aliphatic carbocycles. The molecule has 1 aromatic heterocycles. The second kappa shape index (κ2) is 5.87. The Kier molecular flexibility index (Phi) is 4.43. The number of carbonyl (C=O) groups excluding carboxylic acids is 1. The lowest BCUT2D eigenvalue weighted by Gasteiger charge is -2.22. The van der Waals surface area contributed by atoms with Crippen molar-refractivity contribution >= 4 is 29.1 Å². The zero-order valence-electron chi connectivity index (χ0n) is 10.0. The number of hydrogen-bond donors (Lipinski definition) is 0. The highest BCUT2D eigenvalue weighted by molar-refractivity contribution is 6.34. The number of pyridine rings is 1. The summed E-state index contributed by atoms with van der Waals surface area (Å²) < 4.78 is 5.02. The van der Waals surface area contributed by atoms with Crippen LogP contribution < -0.4 is 0 Å². The van der Waals surface area contributed by atoms with Gasteiger partial charge in [0, 0.05) is 19.7 Å². The van der Waals surface area contributed by atoms with Crippen molar-refractivity contribution < 1.29 is 9.53 Å². The molecule has 0 aromatic carbocycles. The molecule has 0 saturated heterocycles. The Morgan fingerprint density at radius 3 is 2.83 bits per heavy atom. The van der Waals surface area contributed by atoms with Gasteiger partial charge in [0.25, 0.3) is 5.91 Å². The average Bonchev–Trinajstić information content (AvgIpc) is 3.17. The molecule has 1 amide bonds. The van der Waals surface area contributed by atoms with Crippen LogP contribution in [0.5, 0.6) is 0 Å². The van der Waals surface area contributed by atoms with Crippen LogP contribution in [-0.4, -0.2) is 42.1 Å². The minimum Gasteiger partial charge on any atom is -0.383 e. The third-order valence-corrected chi connectivity index (χ3v) is 3.31. The standard InChI is InChI=1S/C12H14Cl2N2O2/c1-18-7-6-16(8-2-3-8)12(17)11-9(13)4-5-10(14)15-11/h4-5,8H,2-3,6-7H2,1H3. The highest BCUT2D eigenvalue weighted by Gasteiger charge is 2.34. The Balaban J connectivity index is 2.19. The summed E-state index contributed by atoms with van der Waals surface area (Å²) in [7, 11) is 1.61. The monoisotopic (exact) mass is 288 g/mol. The van der Waals surface area contributed by atoms with Gasteiger partial charge in [-0.2, -0.15) is 0 Å². The molecule has 18 heavy (non-hydrogen) atoms. The Morgan fingerprint density at radius 2 is 2.22 bits per heavy atom. The number of carbonyl (C=O) groups is 1. The van der Waals surface area contributed by atoms with Gasteiger partial charge in [-0.25, -0.2) is 4.98 Å². The maximum absolute atomic E-state index is 12.4. The van der Waals surface area contributed by atoms with Crippen LogP contribution in [-0.2, 0) is 4.74 Å². The SMILES string of the molecule is COCCN(C(=O)c1nc(Cl)ccc1Cl)C1CC1. The summed E-state index contributed by atoms with van der Waals surface area (Å²) in [6.45, 7) is 1.05. The first-order chi connectivity index (χ1) is 8.63. The van der Waals surface area contributed by atoms with Crippen LogP contribution in [0.25, 0.3) is 0 Å². The number of amides is 1. The molecular weight excluding hydrogens is 275 g/mol. The Morgan fingerprint density at radius 1 is 1.50 bits per heavy atom. The summed E-state index contributed by atoms with van der Waals surface area (Å²) in [6.07, 6.45) is 2.04. The van der Waals surface area contributed by atoms with Gasteiger partial charge in [0.2, 0.25) is 0 Å². The largest absolute Gasteiger partial charge is 0.383 e. The molecule has 0 spiro atoms. The molecule has 1 saturated carbocycles. The zero-order chi connectivity index (χ0) is 13.1. The smallest absolute Gasteiger partial charge is 0.274 e. The molecule has 1 fully saturated rings. The highest BCUT2D eigenvalue weighted by atomic mass is 35.5. The van der Waals surface area contributed by atoms with E-state index in [0.29, 0.717) is 18.2 Å². The topological polar surface area (TPSA) is 42.4 Å². The van der Waals surface area contributed by atoms with Gasteiger partial charge in [-0.05, 0) is 25.0 Å². The van der Waals surface area contributed by atoms with Crippen molar-refractivity contribution in [1.82, 2.24) is 9.88 Å². The fourth-order valence-electron chi connectivity index (χ4n) is 1.73. The number of hydrogen-bond acceptors (Lipinski definition) is 3. The molecule has 0 radical (unpaired) electrons. The highest BCUT2D eigenvalue weighted by Crippen LogP contribution is 2.29. The maximum atomic E-state index is 12.4. The Bertz CT molecular complexity index is 450. The second-order valence-corrected chi connectivity index (χ2v) is 4.98. The minimum absolute atomic E-state index is 0.179. The first-order valence-electron chi connectivity index (χ1n) is 5.75. The molecule has 1 aliphatic rings. The van der Waals surface area contributed by atoms with Gasteiger partial charge in [-0.15, -0.1) is 0 Å². The fourth-order valence-corrected chi connectivity index (χ4v) is 2.06. The lowest BCUT2D eigenvalue weighted by Crippen LogP contribution is -2.36. The van der Waals surface area contributed by atoms with E-state index < -0.39 is 0 Å². The van der Waals surface area contributed by atoms with Crippen molar-refractivity contribution in [3.8, 4) is 0 Å². The van der Waals surface area contributed by atoms with Crippen LogP contribution in [0.1, 0.15) is 23.3 Å². The molecule has 0 aliphatic heterocycles. The van der Waals surface area contributed by atoms with Crippen LogP contribution in [0.4, 0.5) is 0 Å². The molecule has 1 heterocycles. The summed E-state index contributed by atoms with van der Waals surface area (Å²) in [5.74, 6) is -0.179. The van der Waals surface area contributed by atoms with E-state index in [2.05, 4.69) is 4.98 Å². The molecule has 0 N–H and O–H groups in total. The van der Waals surface area contributed by atoms with Crippen LogP contribution in [0.15, 0.2) is 12.1 Å². The lowest BCUT2D eigenvalue weighted by molar-refractivity contribution is 0.0674. The van der Waals surface area contributed by atoms with Crippen molar-refractivity contribution in [2.75, 3.05) is 20.3 Å². The number of rotatable bonds is 5. The number of nitrogens with zero attached hydrogens (tertiary/aromatic N) is 2. The molecule has 4 nitrogen and oxygen atoms in total. The van der Waals surface area contributed by atoms with E-state index in [4.69, 9.17) is 27.9 Å². The molecular formula is C12H14Cl2N2O2. The summed E-state index contributed by atoms with van der Waals surface area (Å²) in [6, 6.07) is 3.44. The second-order valence-electron chi connectivity index (χ2n) is 4.19. The summed E-state index contributed by atoms with van der Waals surface area (Å²) >= 11 is 11.8. The van der Waals surface area contributed by atoms with E-state index in [1.165, 1.54) is 0 Å². The van der Waals surface area contributed by atoms with E-state index in [0.717, 1.165) is 12.8 Å². The van der Waals surface area contributed by atoms with E-state index in [-0.39, 0.29) is 22.8 Å². The van der Waals surface area contributed by atoms with Crippen molar-refractivity contribution in [2.45, 2.75) is 18.9 Å². The lowest BCUT2D eigenvalue weighted by atomic mass is 10.3. The van der Waals surface area contributed by atoms with Gasteiger partial charge >= 0.3 is 0 Å². The quantitative estimate of drug-likeness (QED) is 0.783. The average molecular weight is 289 g/mol. The third-order valence-electron chi connectivity index (χ3n) is 2.80. The van der Waals surface area contributed by atoms with E-state index in [1.54, 1.807) is 24.1 Å². The zero-order valence-corrected chi connectivity index (χ0v) is 11.5. The van der Waals surface area contributed by atoms with Crippen LogP contribution in [0.2, 0.25) is 10.2 Å². The van der Waals surface area contributed by atoms with Crippen molar-refractivity contribution in [3.63, 3.8) is 0 Å². The summed E-state index contributed by atoms with van der Waals surface area (Å²) in [5, 5.41) is 0.595. The number of ether oxygens (including phenoxy) is 1. The molecule has 2 rings (SSSR count). The van der Waals surface area contributed by atoms with Crippen LogP contribution >= 0.6 is 23.2 Å². The van der Waals surface area contributed by atoms with Crippen molar-refractivity contribution in [3.05, 3.63) is 28.0 Å². The Labute approximate surface area is 116 Å². The predicted octanol–water partition coefficient (Wildman–Crippen LogP) is 2.64. The predicted molar refractivity (Wildman–Crippen MR) is 70.2 cm³/mol. The first-order valence-corrected chi connectivity index (χ1v) is 6.51. The number of aromatic nitrogens is 1. The summed E-state index contributed by atoms with van der Waals surface area (Å²) in [4.78, 5) is 18.1. The molecule has 1 aromatic rings. The van der Waals surface area contributed by atoms with Gasteiger partial charge in [0.1, 0.15) is 10.8 Å². The van der Waals surface area contributed by atoms with Gasteiger partial charge in [-0.1, -0.05) is 23.2 Å².